The third-order valence-electron chi connectivity index (χ3n) is 6.01. The van der Waals surface area contributed by atoms with Crippen molar-refractivity contribution in [1.82, 2.24) is 5.32 Å². The predicted molar refractivity (Wildman–Crippen MR) is 136 cm³/mol. The van der Waals surface area contributed by atoms with Crippen LogP contribution in [0.2, 0.25) is 0 Å². The highest BCUT2D eigenvalue weighted by molar-refractivity contribution is 5.93. The van der Waals surface area contributed by atoms with Crippen LogP contribution in [-0.4, -0.2) is 18.6 Å². The van der Waals surface area contributed by atoms with E-state index in [1.165, 1.54) is 0 Å². The van der Waals surface area contributed by atoms with E-state index in [0.29, 0.717) is 25.3 Å². The normalized spacial score (nSPS) is 12.0. The van der Waals surface area contributed by atoms with E-state index >= 15 is 0 Å². The van der Waals surface area contributed by atoms with Gasteiger partial charge in [0.25, 0.3) is 0 Å². The van der Waals surface area contributed by atoms with Crippen LogP contribution in [0.3, 0.4) is 0 Å². The first-order valence-corrected chi connectivity index (χ1v) is 12.0. The van der Waals surface area contributed by atoms with Gasteiger partial charge < -0.3 is 19.7 Å². The number of nitrogens with one attached hydrogen (secondary N) is 1. The summed E-state index contributed by atoms with van der Waals surface area (Å²) in [6.45, 7) is 7.33. The highest BCUT2D eigenvalue weighted by Crippen LogP contribution is 2.32. The molecule has 1 aliphatic heterocycles. The fourth-order valence-electron chi connectivity index (χ4n) is 4.03. The highest BCUT2D eigenvalue weighted by atomic mass is 16.7. The third-order valence-corrected chi connectivity index (χ3v) is 6.01. The molecule has 0 unspecified atom stereocenters. The number of nitrogens with zero attached hydrogens (tertiary/aromatic N) is 1. The highest BCUT2D eigenvalue weighted by Gasteiger charge is 2.19. The average molecular weight is 473 g/mol. The molecule has 35 heavy (non-hydrogen) atoms. The minimum Gasteiger partial charge on any atom is -0.454 e. The molecule has 2 amide bonds. The second kappa shape index (κ2) is 11.1. The van der Waals surface area contributed by atoms with E-state index in [2.05, 4.69) is 38.2 Å². The average Bonchev–Trinajstić information content (AvgIpc) is 3.30. The minimum absolute atomic E-state index is 0.0666. The Morgan fingerprint density at radius 1 is 0.943 bits per heavy atom. The van der Waals surface area contributed by atoms with Gasteiger partial charge >= 0.3 is 0 Å². The number of aryl methyl sites for hydroxylation is 1. The summed E-state index contributed by atoms with van der Waals surface area (Å²) >= 11 is 0. The quantitative estimate of drug-likeness (QED) is 0.467. The number of ether oxygens (including phenoxy) is 2. The summed E-state index contributed by atoms with van der Waals surface area (Å²) in [5, 5.41) is 2.95. The van der Waals surface area contributed by atoms with Gasteiger partial charge in [-0.25, -0.2) is 0 Å². The molecule has 182 valence electrons. The van der Waals surface area contributed by atoms with Crippen molar-refractivity contribution >= 4 is 17.5 Å². The maximum Gasteiger partial charge on any atom is 0.231 e. The summed E-state index contributed by atoms with van der Waals surface area (Å²) in [7, 11) is 0. The molecule has 3 aromatic carbocycles. The summed E-state index contributed by atoms with van der Waals surface area (Å²) in [4.78, 5) is 27.4. The third kappa shape index (κ3) is 6.41. The van der Waals surface area contributed by atoms with Crippen LogP contribution in [0, 0.1) is 12.8 Å². The summed E-state index contributed by atoms with van der Waals surface area (Å²) in [5.74, 6) is 1.73. The van der Waals surface area contributed by atoms with Gasteiger partial charge in [-0.1, -0.05) is 56.3 Å². The molecule has 1 N–H and O–H groups in total. The molecule has 1 aliphatic rings. The Labute approximate surface area is 206 Å². The van der Waals surface area contributed by atoms with E-state index in [1.54, 1.807) is 0 Å². The van der Waals surface area contributed by atoms with Gasteiger partial charge in [-0.15, -0.1) is 0 Å². The number of amides is 2. The first-order chi connectivity index (χ1) is 16.9. The second-order valence-electron chi connectivity index (χ2n) is 9.31. The van der Waals surface area contributed by atoms with Gasteiger partial charge in [0.1, 0.15) is 0 Å². The largest absolute Gasteiger partial charge is 0.454 e. The molecule has 0 aromatic heterocycles. The van der Waals surface area contributed by atoms with E-state index in [1.807, 2.05) is 59.5 Å². The minimum atomic E-state index is -0.0666. The Kier molecular flexibility index (Phi) is 7.70. The van der Waals surface area contributed by atoms with Crippen molar-refractivity contribution in [1.29, 1.82) is 0 Å². The number of carbonyl (C=O) groups excluding carboxylic acids is 2. The first-order valence-electron chi connectivity index (χ1n) is 12.0. The van der Waals surface area contributed by atoms with Crippen LogP contribution >= 0.6 is 0 Å². The second-order valence-corrected chi connectivity index (χ2v) is 9.31. The van der Waals surface area contributed by atoms with E-state index in [0.717, 1.165) is 33.7 Å². The Balaban J connectivity index is 1.39. The van der Waals surface area contributed by atoms with Crippen LogP contribution in [0.15, 0.2) is 66.7 Å². The number of fused-ring (bicyclic) bond motifs is 1. The fourth-order valence-corrected chi connectivity index (χ4v) is 4.03. The number of rotatable bonds is 9. The monoisotopic (exact) mass is 472 g/mol. The molecule has 4 rings (SSSR count). The summed E-state index contributed by atoms with van der Waals surface area (Å²) < 4.78 is 10.7. The van der Waals surface area contributed by atoms with E-state index < -0.39 is 0 Å². The van der Waals surface area contributed by atoms with Gasteiger partial charge in [0.2, 0.25) is 18.6 Å². The molecule has 0 saturated heterocycles. The number of hydrogen-bond donors (Lipinski definition) is 1. The standard InChI is InChI=1S/C29H32N2O4/c1-20(2)14-29(33)31(18-24-7-5-4-6-21(24)3)25-11-8-22(9-12-25)16-28(32)30-17-23-10-13-26-27(15-23)35-19-34-26/h4-13,15,20H,14,16-19H2,1-3H3,(H,30,32). The van der Waals surface area contributed by atoms with Gasteiger partial charge in [-0.05, 0) is 59.4 Å². The molecule has 3 aromatic rings. The number of benzene rings is 3. The van der Waals surface area contributed by atoms with Gasteiger partial charge in [0.15, 0.2) is 11.5 Å². The Morgan fingerprint density at radius 3 is 2.40 bits per heavy atom. The fraction of sp³-hybridized carbons (Fsp3) is 0.310. The van der Waals surface area contributed by atoms with Gasteiger partial charge in [0.05, 0.1) is 13.0 Å². The molecule has 0 fully saturated rings. The van der Waals surface area contributed by atoms with Gasteiger partial charge in [-0.3, -0.25) is 9.59 Å². The van der Waals surface area contributed by atoms with Crippen molar-refractivity contribution in [2.24, 2.45) is 5.92 Å². The van der Waals surface area contributed by atoms with Crippen molar-refractivity contribution in [2.45, 2.75) is 46.7 Å². The lowest BCUT2D eigenvalue weighted by molar-refractivity contribution is -0.121. The molecule has 0 saturated carbocycles. The van der Waals surface area contributed by atoms with Crippen molar-refractivity contribution in [3.05, 3.63) is 89.0 Å². The number of carbonyl (C=O) groups is 2. The zero-order valence-corrected chi connectivity index (χ0v) is 20.5. The molecular formula is C29H32N2O4. The molecular weight excluding hydrogens is 440 g/mol. The lowest BCUT2D eigenvalue weighted by Crippen LogP contribution is -2.31. The predicted octanol–water partition coefficient (Wildman–Crippen LogP) is 5.16. The molecule has 0 aliphatic carbocycles. The summed E-state index contributed by atoms with van der Waals surface area (Å²) in [5.41, 5.74) is 4.96. The van der Waals surface area contributed by atoms with Crippen LogP contribution in [0.1, 0.15) is 42.5 Å². The van der Waals surface area contributed by atoms with Crippen molar-refractivity contribution in [2.75, 3.05) is 11.7 Å². The van der Waals surface area contributed by atoms with Crippen LogP contribution in [-0.2, 0) is 29.1 Å². The van der Waals surface area contributed by atoms with E-state index in [4.69, 9.17) is 9.47 Å². The topological polar surface area (TPSA) is 67.9 Å². The SMILES string of the molecule is Cc1ccccc1CN(C(=O)CC(C)C)c1ccc(CC(=O)NCc2ccc3c(c2)OCO3)cc1. The lowest BCUT2D eigenvalue weighted by atomic mass is 10.1. The molecule has 0 spiro atoms. The molecule has 0 radical (unpaired) electrons. The molecule has 6 heteroatoms. The zero-order valence-electron chi connectivity index (χ0n) is 20.5. The molecule has 1 heterocycles. The van der Waals surface area contributed by atoms with Crippen LogP contribution in [0.25, 0.3) is 0 Å². The van der Waals surface area contributed by atoms with E-state index in [9.17, 15) is 9.59 Å². The number of anilines is 1. The van der Waals surface area contributed by atoms with Crippen LogP contribution in [0.4, 0.5) is 5.69 Å². The van der Waals surface area contributed by atoms with Crippen molar-refractivity contribution in [3.8, 4) is 11.5 Å². The molecule has 6 nitrogen and oxygen atoms in total. The van der Waals surface area contributed by atoms with Crippen molar-refractivity contribution in [3.63, 3.8) is 0 Å². The van der Waals surface area contributed by atoms with Gasteiger partial charge in [-0.2, -0.15) is 0 Å². The smallest absolute Gasteiger partial charge is 0.231 e. The van der Waals surface area contributed by atoms with Crippen LogP contribution in [0.5, 0.6) is 11.5 Å². The van der Waals surface area contributed by atoms with E-state index in [-0.39, 0.29) is 30.9 Å². The Morgan fingerprint density at radius 2 is 1.66 bits per heavy atom. The zero-order chi connectivity index (χ0) is 24.8. The van der Waals surface area contributed by atoms with Gasteiger partial charge in [0, 0.05) is 18.7 Å². The van der Waals surface area contributed by atoms with Crippen LogP contribution < -0.4 is 19.7 Å². The lowest BCUT2D eigenvalue weighted by Gasteiger charge is -2.25. The molecule has 0 bridgehead atoms. The Bertz CT molecular complexity index is 1190. The molecule has 0 atom stereocenters. The first kappa shape index (κ1) is 24.3. The maximum absolute atomic E-state index is 13.1. The maximum atomic E-state index is 13.1. The number of hydrogen-bond acceptors (Lipinski definition) is 4. The Hall–Kier alpha value is -3.80. The summed E-state index contributed by atoms with van der Waals surface area (Å²) in [6, 6.07) is 21.5. The summed E-state index contributed by atoms with van der Waals surface area (Å²) in [6.07, 6.45) is 0.748. The van der Waals surface area contributed by atoms with Crippen molar-refractivity contribution < 1.29 is 19.1 Å².